The topological polar surface area (TPSA) is 49.9 Å². The van der Waals surface area contributed by atoms with Crippen molar-refractivity contribution in [2.24, 2.45) is 0 Å². The molecule has 0 unspecified atom stereocenters. The zero-order chi connectivity index (χ0) is 16.7. The van der Waals surface area contributed by atoms with Crippen molar-refractivity contribution in [3.63, 3.8) is 0 Å². The number of unbranched alkanes of at least 4 members (excludes halogenated alkanes) is 1. The number of benzene rings is 1. The lowest BCUT2D eigenvalue weighted by atomic mass is 10.2. The number of ether oxygens (including phenoxy) is 1. The highest BCUT2D eigenvalue weighted by Gasteiger charge is 2.24. The van der Waals surface area contributed by atoms with Crippen LogP contribution in [0.1, 0.15) is 26.2 Å². The molecule has 0 atom stereocenters. The number of carbonyl (C=O) groups excluding carboxylic acids is 2. The summed E-state index contributed by atoms with van der Waals surface area (Å²) < 4.78 is 5.48. The highest BCUT2D eigenvalue weighted by molar-refractivity contribution is 6.32. The summed E-state index contributed by atoms with van der Waals surface area (Å²) in [6.45, 7) is 4.35. The highest BCUT2D eigenvalue weighted by atomic mass is 35.5. The van der Waals surface area contributed by atoms with Gasteiger partial charge in [0.1, 0.15) is 5.75 Å². The molecule has 1 aromatic rings. The first kappa shape index (κ1) is 17.6. The van der Waals surface area contributed by atoms with E-state index in [9.17, 15) is 9.59 Å². The van der Waals surface area contributed by atoms with Gasteiger partial charge in [-0.25, -0.2) is 0 Å². The summed E-state index contributed by atoms with van der Waals surface area (Å²) in [6, 6.07) is 7.08. The molecular weight excluding hydrogens is 316 g/mol. The number of halogens is 1. The molecule has 0 radical (unpaired) electrons. The van der Waals surface area contributed by atoms with Gasteiger partial charge in [-0.3, -0.25) is 9.59 Å². The van der Waals surface area contributed by atoms with Gasteiger partial charge in [-0.1, -0.05) is 37.1 Å². The second-order valence-corrected chi connectivity index (χ2v) is 5.99. The van der Waals surface area contributed by atoms with Gasteiger partial charge >= 0.3 is 0 Å². The Bertz CT molecular complexity index is 542. The van der Waals surface area contributed by atoms with Gasteiger partial charge in [0.15, 0.2) is 6.61 Å². The van der Waals surface area contributed by atoms with Crippen LogP contribution in [0.4, 0.5) is 0 Å². The molecule has 5 nitrogen and oxygen atoms in total. The summed E-state index contributed by atoms with van der Waals surface area (Å²) >= 11 is 6.00. The SMILES string of the molecule is CCCCC(=O)N1CCN(C(=O)COc2ccccc2Cl)CC1. The molecule has 6 heteroatoms. The van der Waals surface area contributed by atoms with Crippen LogP contribution >= 0.6 is 11.6 Å². The Balaban J connectivity index is 1.75. The molecule has 1 aromatic carbocycles. The second-order valence-electron chi connectivity index (χ2n) is 5.58. The van der Waals surface area contributed by atoms with Gasteiger partial charge in [-0.15, -0.1) is 0 Å². The number of piperazine rings is 1. The van der Waals surface area contributed by atoms with Crippen LogP contribution in [0.5, 0.6) is 5.75 Å². The molecule has 126 valence electrons. The summed E-state index contributed by atoms with van der Waals surface area (Å²) in [5, 5.41) is 0.492. The summed E-state index contributed by atoms with van der Waals surface area (Å²) in [5.41, 5.74) is 0. The third kappa shape index (κ3) is 5.13. The molecule has 1 saturated heterocycles. The number of para-hydroxylation sites is 1. The van der Waals surface area contributed by atoms with Crippen LogP contribution < -0.4 is 4.74 Å². The molecule has 0 aromatic heterocycles. The van der Waals surface area contributed by atoms with Gasteiger partial charge < -0.3 is 14.5 Å². The first-order valence-electron chi connectivity index (χ1n) is 8.04. The molecule has 0 spiro atoms. The average molecular weight is 339 g/mol. The lowest BCUT2D eigenvalue weighted by Gasteiger charge is -2.34. The molecule has 1 aliphatic heterocycles. The van der Waals surface area contributed by atoms with Crippen molar-refractivity contribution in [2.75, 3.05) is 32.8 Å². The molecular formula is C17H23ClN2O3. The highest BCUT2D eigenvalue weighted by Crippen LogP contribution is 2.23. The summed E-state index contributed by atoms with van der Waals surface area (Å²) in [6.07, 6.45) is 2.54. The quantitative estimate of drug-likeness (QED) is 0.801. The minimum atomic E-state index is -0.0782. The lowest BCUT2D eigenvalue weighted by molar-refractivity contribution is -0.140. The minimum absolute atomic E-state index is 0.0342. The molecule has 1 aliphatic rings. The average Bonchev–Trinajstić information content (AvgIpc) is 2.59. The maximum Gasteiger partial charge on any atom is 0.260 e. The molecule has 1 fully saturated rings. The van der Waals surface area contributed by atoms with Gasteiger partial charge in [-0.05, 0) is 18.6 Å². The van der Waals surface area contributed by atoms with E-state index in [0.29, 0.717) is 43.4 Å². The van der Waals surface area contributed by atoms with E-state index in [0.717, 1.165) is 12.8 Å². The van der Waals surface area contributed by atoms with Crippen LogP contribution in [-0.4, -0.2) is 54.4 Å². The molecule has 2 rings (SSSR count). The van der Waals surface area contributed by atoms with Crippen molar-refractivity contribution >= 4 is 23.4 Å². The molecule has 23 heavy (non-hydrogen) atoms. The van der Waals surface area contributed by atoms with Crippen LogP contribution in [0.25, 0.3) is 0 Å². The van der Waals surface area contributed by atoms with Crippen LogP contribution in [-0.2, 0) is 9.59 Å². The van der Waals surface area contributed by atoms with E-state index < -0.39 is 0 Å². The lowest BCUT2D eigenvalue weighted by Crippen LogP contribution is -2.51. The van der Waals surface area contributed by atoms with Crippen molar-refractivity contribution in [2.45, 2.75) is 26.2 Å². The van der Waals surface area contributed by atoms with Crippen LogP contribution in [0, 0.1) is 0 Å². The summed E-state index contributed by atoms with van der Waals surface area (Å²) in [5.74, 6) is 0.618. The number of carbonyl (C=O) groups is 2. The Morgan fingerprint density at radius 1 is 1.09 bits per heavy atom. The third-order valence-electron chi connectivity index (χ3n) is 3.92. The molecule has 0 bridgehead atoms. The van der Waals surface area contributed by atoms with Gasteiger partial charge in [0.05, 0.1) is 5.02 Å². The Morgan fingerprint density at radius 3 is 2.30 bits per heavy atom. The van der Waals surface area contributed by atoms with Crippen molar-refractivity contribution in [3.05, 3.63) is 29.3 Å². The number of nitrogens with zero attached hydrogens (tertiary/aromatic N) is 2. The van der Waals surface area contributed by atoms with Crippen LogP contribution in [0.2, 0.25) is 5.02 Å². The normalized spacial score (nSPS) is 14.7. The largest absolute Gasteiger partial charge is 0.482 e. The van der Waals surface area contributed by atoms with Crippen LogP contribution in [0.15, 0.2) is 24.3 Å². The van der Waals surface area contributed by atoms with E-state index in [1.807, 2.05) is 17.0 Å². The maximum atomic E-state index is 12.2. The number of rotatable bonds is 6. The first-order valence-corrected chi connectivity index (χ1v) is 8.42. The fourth-order valence-electron chi connectivity index (χ4n) is 2.48. The molecule has 0 N–H and O–H groups in total. The standard InChI is InChI=1S/C17H23ClN2O3/c1-2-3-8-16(21)19-9-11-20(12-10-19)17(22)13-23-15-7-5-4-6-14(15)18/h4-7H,2-3,8-13H2,1H3. The van der Waals surface area contributed by atoms with Gasteiger partial charge in [0.25, 0.3) is 5.91 Å². The fraction of sp³-hybridized carbons (Fsp3) is 0.529. The zero-order valence-corrected chi connectivity index (χ0v) is 14.2. The van der Waals surface area contributed by atoms with Crippen molar-refractivity contribution in [3.8, 4) is 5.75 Å². The zero-order valence-electron chi connectivity index (χ0n) is 13.5. The summed E-state index contributed by atoms with van der Waals surface area (Å²) in [7, 11) is 0. The first-order chi connectivity index (χ1) is 11.1. The smallest absolute Gasteiger partial charge is 0.260 e. The molecule has 0 saturated carbocycles. The Hall–Kier alpha value is -1.75. The maximum absolute atomic E-state index is 12.2. The Labute approximate surface area is 142 Å². The van der Waals surface area contributed by atoms with E-state index in [2.05, 4.69) is 6.92 Å². The van der Waals surface area contributed by atoms with Crippen molar-refractivity contribution in [1.29, 1.82) is 0 Å². The fourth-order valence-corrected chi connectivity index (χ4v) is 2.67. The number of hydrogen-bond acceptors (Lipinski definition) is 3. The van der Waals surface area contributed by atoms with E-state index in [1.54, 1.807) is 17.0 Å². The van der Waals surface area contributed by atoms with Crippen LogP contribution in [0.3, 0.4) is 0 Å². The monoisotopic (exact) mass is 338 g/mol. The predicted molar refractivity (Wildman–Crippen MR) is 89.6 cm³/mol. The third-order valence-corrected chi connectivity index (χ3v) is 4.23. The number of hydrogen-bond donors (Lipinski definition) is 0. The molecule has 1 heterocycles. The summed E-state index contributed by atoms with van der Waals surface area (Å²) in [4.78, 5) is 27.7. The van der Waals surface area contributed by atoms with E-state index in [1.165, 1.54) is 0 Å². The van der Waals surface area contributed by atoms with E-state index in [-0.39, 0.29) is 18.4 Å². The van der Waals surface area contributed by atoms with Crippen molar-refractivity contribution in [1.82, 2.24) is 9.80 Å². The molecule has 2 amide bonds. The second kappa shape index (κ2) is 8.77. The van der Waals surface area contributed by atoms with Crippen molar-refractivity contribution < 1.29 is 14.3 Å². The predicted octanol–water partition coefficient (Wildman–Crippen LogP) is 2.58. The Morgan fingerprint density at radius 2 is 1.70 bits per heavy atom. The molecule has 0 aliphatic carbocycles. The van der Waals surface area contributed by atoms with Gasteiger partial charge in [-0.2, -0.15) is 0 Å². The van der Waals surface area contributed by atoms with Gasteiger partial charge in [0.2, 0.25) is 5.91 Å². The number of amides is 2. The van der Waals surface area contributed by atoms with E-state index >= 15 is 0 Å². The Kier molecular flexibility index (Phi) is 6.71. The van der Waals surface area contributed by atoms with E-state index in [4.69, 9.17) is 16.3 Å². The van der Waals surface area contributed by atoms with Gasteiger partial charge in [0, 0.05) is 32.6 Å². The minimum Gasteiger partial charge on any atom is -0.482 e.